The van der Waals surface area contributed by atoms with Crippen LogP contribution in [0.2, 0.25) is 0 Å². The van der Waals surface area contributed by atoms with Gasteiger partial charge in [-0.1, -0.05) is 30.3 Å². The molecule has 1 atom stereocenters. The summed E-state index contributed by atoms with van der Waals surface area (Å²) in [5.74, 6) is 5.11. The molecule has 0 aliphatic rings. The Kier molecular flexibility index (Phi) is 10.3. The molecule has 1 aromatic rings. The van der Waals surface area contributed by atoms with Crippen LogP contribution in [0.1, 0.15) is 19.4 Å². The largest absolute Gasteiger partial charge is 0.369 e. The summed E-state index contributed by atoms with van der Waals surface area (Å²) in [6.07, 6.45) is -0.512. The minimum absolute atomic E-state index is 0.134. The van der Waals surface area contributed by atoms with E-state index in [0.717, 1.165) is 5.56 Å². The molecule has 132 valence electrons. The molecule has 0 fully saturated rings. The maximum atomic E-state index is 12.3. The van der Waals surface area contributed by atoms with Crippen molar-refractivity contribution < 1.29 is 27.9 Å². The molecule has 7 nitrogen and oxygen atoms in total. The van der Waals surface area contributed by atoms with E-state index in [1.165, 1.54) is 0 Å². The van der Waals surface area contributed by atoms with Gasteiger partial charge in [0.15, 0.2) is 0 Å². The Morgan fingerprint density at radius 1 is 1.09 bits per heavy atom. The molecule has 1 rings (SSSR count). The second-order valence-corrected chi connectivity index (χ2v) is 6.69. The van der Waals surface area contributed by atoms with Crippen molar-refractivity contribution in [3.8, 4) is 0 Å². The predicted molar refractivity (Wildman–Crippen MR) is 86.8 cm³/mol. The van der Waals surface area contributed by atoms with Gasteiger partial charge in [0.2, 0.25) is 0 Å². The Balaban J connectivity index is 2.41. The van der Waals surface area contributed by atoms with Gasteiger partial charge in [-0.15, -0.1) is 0 Å². The van der Waals surface area contributed by atoms with Crippen LogP contribution >= 0.6 is 7.60 Å². The molecule has 8 heteroatoms. The number of rotatable bonds is 13. The first-order chi connectivity index (χ1) is 11.1. The zero-order chi connectivity index (χ0) is 17.0. The van der Waals surface area contributed by atoms with Gasteiger partial charge in [-0.05, 0) is 19.4 Å². The second kappa shape index (κ2) is 11.7. The normalized spacial score (nSPS) is 13.2. The molecule has 0 aromatic heterocycles. The van der Waals surface area contributed by atoms with Crippen LogP contribution < -0.4 is 5.90 Å². The molecule has 2 N–H and O–H groups in total. The van der Waals surface area contributed by atoms with Crippen molar-refractivity contribution in [2.75, 3.05) is 32.8 Å². The first kappa shape index (κ1) is 20.3. The highest BCUT2D eigenvalue weighted by Gasteiger charge is 2.24. The van der Waals surface area contributed by atoms with Gasteiger partial charge < -0.3 is 23.4 Å². The van der Waals surface area contributed by atoms with Gasteiger partial charge in [-0.2, -0.15) is 0 Å². The highest BCUT2D eigenvalue weighted by molar-refractivity contribution is 7.53. The molecular formula is C15H26NO6P. The molecular weight excluding hydrogens is 321 g/mol. The number of ether oxygens (including phenoxy) is 2. The van der Waals surface area contributed by atoms with E-state index >= 15 is 0 Å². The zero-order valence-electron chi connectivity index (χ0n) is 13.7. The van der Waals surface area contributed by atoms with E-state index in [2.05, 4.69) is 4.84 Å². The third-order valence-electron chi connectivity index (χ3n) is 2.82. The molecule has 23 heavy (non-hydrogen) atoms. The predicted octanol–water partition coefficient (Wildman–Crippen LogP) is 2.70. The summed E-state index contributed by atoms with van der Waals surface area (Å²) in [4.78, 5) is 4.63. The van der Waals surface area contributed by atoms with Crippen molar-refractivity contribution in [1.29, 1.82) is 0 Å². The van der Waals surface area contributed by atoms with Gasteiger partial charge >= 0.3 is 7.60 Å². The van der Waals surface area contributed by atoms with E-state index in [9.17, 15) is 4.57 Å². The van der Waals surface area contributed by atoms with E-state index < -0.39 is 7.60 Å². The minimum Gasteiger partial charge on any atom is -0.369 e. The molecule has 0 saturated heterocycles. The molecule has 0 aliphatic carbocycles. The number of nitrogens with two attached hydrogens (primary N) is 1. The van der Waals surface area contributed by atoms with Gasteiger partial charge in [-0.3, -0.25) is 4.57 Å². The van der Waals surface area contributed by atoms with Crippen molar-refractivity contribution in [3.05, 3.63) is 35.9 Å². The third kappa shape index (κ3) is 8.58. The molecule has 0 saturated carbocycles. The average Bonchev–Trinajstić information content (AvgIpc) is 2.54. The summed E-state index contributed by atoms with van der Waals surface area (Å²) >= 11 is 0. The molecule has 0 heterocycles. The highest BCUT2D eigenvalue weighted by atomic mass is 31.2. The SMILES string of the molecule is CCOP(=O)(COCC(CON)OCc1ccccc1)OCC. The van der Waals surface area contributed by atoms with Crippen molar-refractivity contribution in [1.82, 2.24) is 0 Å². The summed E-state index contributed by atoms with van der Waals surface area (Å²) in [6, 6.07) is 9.72. The van der Waals surface area contributed by atoms with Crippen molar-refractivity contribution in [2.45, 2.75) is 26.6 Å². The highest BCUT2D eigenvalue weighted by Crippen LogP contribution is 2.47. The standard InChI is InChI=1S/C15H26NO6P/c1-3-21-23(17,22-4-2)13-18-11-15(12-20-16)19-10-14-8-6-5-7-9-14/h5-9,15H,3-4,10-13,16H2,1-2H3. The molecule has 1 aromatic carbocycles. The smallest absolute Gasteiger partial charge is 0.356 e. The Morgan fingerprint density at radius 3 is 2.30 bits per heavy atom. The summed E-state index contributed by atoms with van der Waals surface area (Å²) in [6.45, 7) is 4.84. The molecule has 0 aliphatic heterocycles. The second-order valence-electron chi connectivity index (χ2n) is 4.70. The first-order valence-electron chi connectivity index (χ1n) is 7.56. The van der Waals surface area contributed by atoms with E-state index in [4.69, 9.17) is 24.4 Å². The fourth-order valence-corrected chi connectivity index (χ4v) is 3.18. The molecule has 0 radical (unpaired) electrons. The fraction of sp³-hybridized carbons (Fsp3) is 0.600. The average molecular weight is 347 g/mol. The molecule has 0 bridgehead atoms. The lowest BCUT2D eigenvalue weighted by atomic mass is 10.2. The van der Waals surface area contributed by atoms with E-state index in [0.29, 0.717) is 19.8 Å². The Hall–Kier alpha value is -0.790. The zero-order valence-corrected chi connectivity index (χ0v) is 14.6. The van der Waals surface area contributed by atoms with Crippen LogP contribution in [0.5, 0.6) is 0 Å². The Labute approximate surface area is 137 Å². The molecule has 0 amide bonds. The minimum atomic E-state index is -3.22. The lowest BCUT2D eigenvalue weighted by Gasteiger charge is -2.20. The van der Waals surface area contributed by atoms with E-state index in [1.54, 1.807) is 13.8 Å². The van der Waals surface area contributed by atoms with Crippen LogP contribution in [-0.4, -0.2) is 38.9 Å². The van der Waals surface area contributed by atoms with E-state index in [1.807, 2.05) is 30.3 Å². The lowest BCUT2D eigenvalue weighted by molar-refractivity contribution is -0.0634. The van der Waals surface area contributed by atoms with Crippen molar-refractivity contribution >= 4 is 7.60 Å². The number of hydrogen-bond donors (Lipinski definition) is 1. The van der Waals surface area contributed by atoms with E-state index in [-0.39, 0.29) is 25.7 Å². The monoisotopic (exact) mass is 347 g/mol. The summed E-state index contributed by atoms with van der Waals surface area (Å²) in [7, 11) is -3.22. The quantitative estimate of drug-likeness (QED) is 0.433. The number of hydrogen-bond acceptors (Lipinski definition) is 7. The van der Waals surface area contributed by atoms with Crippen molar-refractivity contribution in [3.63, 3.8) is 0 Å². The van der Waals surface area contributed by atoms with Gasteiger partial charge in [-0.25, -0.2) is 5.90 Å². The van der Waals surface area contributed by atoms with Crippen LogP contribution in [0, 0.1) is 0 Å². The molecule has 0 spiro atoms. The Morgan fingerprint density at radius 2 is 1.74 bits per heavy atom. The van der Waals surface area contributed by atoms with Crippen molar-refractivity contribution in [2.24, 2.45) is 5.90 Å². The summed E-state index contributed by atoms with van der Waals surface area (Å²) < 4.78 is 33.7. The van der Waals surface area contributed by atoms with Crippen LogP contribution in [0.25, 0.3) is 0 Å². The van der Waals surface area contributed by atoms with Crippen LogP contribution in [-0.2, 0) is 34.5 Å². The van der Waals surface area contributed by atoms with Gasteiger partial charge in [0.25, 0.3) is 0 Å². The van der Waals surface area contributed by atoms with Gasteiger partial charge in [0.05, 0.1) is 33.0 Å². The molecule has 1 unspecified atom stereocenters. The maximum absolute atomic E-state index is 12.3. The first-order valence-corrected chi connectivity index (χ1v) is 9.29. The van der Waals surface area contributed by atoms with Crippen LogP contribution in [0.4, 0.5) is 0 Å². The Bertz CT molecular complexity index is 449. The summed E-state index contributed by atoms with van der Waals surface area (Å²) in [5, 5.41) is 0. The van der Waals surface area contributed by atoms with Gasteiger partial charge in [0.1, 0.15) is 12.5 Å². The summed E-state index contributed by atoms with van der Waals surface area (Å²) in [5.41, 5.74) is 1.03. The topological polar surface area (TPSA) is 89.2 Å². The van der Waals surface area contributed by atoms with Gasteiger partial charge in [0, 0.05) is 0 Å². The third-order valence-corrected chi connectivity index (χ3v) is 4.62. The maximum Gasteiger partial charge on any atom is 0.356 e. The van der Waals surface area contributed by atoms with Crippen LogP contribution in [0.15, 0.2) is 30.3 Å². The number of benzene rings is 1. The van der Waals surface area contributed by atoms with Crippen LogP contribution in [0.3, 0.4) is 0 Å². The fourth-order valence-electron chi connectivity index (χ4n) is 1.84. The lowest BCUT2D eigenvalue weighted by Crippen LogP contribution is -2.27.